The first-order chi connectivity index (χ1) is 14.5. The van der Waals surface area contributed by atoms with Gasteiger partial charge in [-0.2, -0.15) is 0 Å². The smallest absolute Gasteiger partial charge is 0.0643 e. The van der Waals surface area contributed by atoms with E-state index in [-0.39, 0.29) is 0 Å². The Morgan fingerprint density at radius 1 is 0.600 bits per heavy atom. The molecule has 0 unspecified atom stereocenters. The monoisotopic (exact) mass is 400 g/mol. The highest BCUT2D eigenvalue weighted by atomic mass is 14.9. The molecule has 0 spiro atoms. The fourth-order valence-electron chi connectivity index (χ4n) is 3.41. The van der Waals surface area contributed by atoms with Crippen molar-refractivity contribution in [3.63, 3.8) is 0 Å². The van der Waals surface area contributed by atoms with Crippen LogP contribution in [0.4, 0.5) is 0 Å². The second-order valence-electron chi connectivity index (χ2n) is 7.92. The third-order valence-electron chi connectivity index (χ3n) is 5.00. The predicted octanol–water partition coefficient (Wildman–Crippen LogP) is 5.31. The number of fused-ring (bicyclic) bond motifs is 4. The molecule has 2 aromatic carbocycles. The van der Waals surface area contributed by atoms with Crippen LogP contribution < -0.4 is 10.6 Å². The lowest BCUT2D eigenvalue weighted by molar-refractivity contribution is 0.793. The molecule has 2 N–H and O–H groups in total. The highest BCUT2D eigenvalue weighted by Gasteiger charge is 2.00. The highest BCUT2D eigenvalue weighted by molar-refractivity contribution is 5.93. The number of nitrogens with one attached hydrogen (secondary N) is 2. The van der Waals surface area contributed by atoms with Crippen LogP contribution in [-0.4, -0.2) is 11.4 Å². The summed E-state index contributed by atoms with van der Waals surface area (Å²) in [7, 11) is 0. The topological polar surface area (TPSA) is 48.8 Å². The summed E-state index contributed by atoms with van der Waals surface area (Å²) in [5.74, 6) is 0. The number of benzene rings is 2. The molecule has 0 aromatic heterocycles. The second-order valence-corrected chi connectivity index (χ2v) is 7.92. The summed E-state index contributed by atoms with van der Waals surface area (Å²) in [5, 5.41) is 6.99. The maximum absolute atomic E-state index is 4.74. The summed E-state index contributed by atoms with van der Waals surface area (Å²) in [6, 6.07) is 17.2. The van der Waals surface area contributed by atoms with Crippen molar-refractivity contribution < 1.29 is 0 Å². The van der Waals surface area contributed by atoms with Crippen LogP contribution in [0.1, 0.15) is 49.9 Å². The largest absolute Gasteiger partial charge is 0.384 e. The van der Waals surface area contributed by atoms with Crippen LogP contribution in [0.2, 0.25) is 0 Å². The summed E-state index contributed by atoms with van der Waals surface area (Å²) in [4.78, 5) is 9.47. The van der Waals surface area contributed by atoms with Gasteiger partial charge in [0.05, 0.1) is 13.1 Å². The molecule has 0 aliphatic carbocycles. The maximum Gasteiger partial charge on any atom is 0.0643 e. The van der Waals surface area contributed by atoms with Gasteiger partial charge in [-0.25, -0.2) is 0 Å². The zero-order valence-corrected chi connectivity index (χ0v) is 18.5. The number of hydrogen-bond donors (Lipinski definition) is 2. The Labute approximate surface area is 180 Å². The minimum atomic E-state index is 0.678. The molecule has 1 heterocycles. The molecule has 156 valence electrons. The quantitative estimate of drug-likeness (QED) is 0.630. The predicted molar refractivity (Wildman–Crippen MR) is 128 cm³/mol. The molecule has 0 radical (unpaired) electrons. The lowest BCUT2D eigenvalue weighted by Crippen LogP contribution is -2.14. The van der Waals surface area contributed by atoms with Crippen molar-refractivity contribution >= 4 is 11.4 Å². The normalized spacial score (nSPS) is 19.6. The van der Waals surface area contributed by atoms with Crippen molar-refractivity contribution in [2.24, 2.45) is 9.98 Å². The van der Waals surface area contributed by atoms with E-state index >= 15 is 0 Å². The van der Waals surface area contributed by atoms with Crippen LogP contribution in [0.5, 0.6) is 0 Å². The van der Waals surface area contributed by atoms with E-state index in [2.05, 4.69) is 99.0 Å². The van der Waals surface area contributed by atoms with Crippen LogP contribution in [0.3, 0.4) is 0 Å². The van der Waals surface area contributed by atoms with E-state index in [1.54, 1.807) is 0 Å². The van der Waals surface area contributed by atoms with Crippen molar-refractivity contribution in [1.29, 1.82) is 0 Å². The number of hydrogen-bond acceptors (Lipinski definition) is 4. The average molecular weight is 401 g/mol. The molecule has 0 fully saturated rings. The van der Waals surface area contributed by atoms with Gasteiger partial charge in [-0.1, -0.05) is 48.5 Å². The Morgan fingerprint density at radius 2 is 1.00 bits per heavy atom. The van der Waals surface area contributed by atoms with E-state index in [1.807, 2.05) is 0 Å². The summed E-state index contributed by atoms with van der Waals surface area (Å²) < 4.78 is 0. The number of rotatable bonds is 0. The summed E-state index contributed by atoms with van der Waals surface area (Å²) in [5.41, 5.74) is 9.22. The van der Waals surface area contributed by atoms with Gasteiger partial charge in [0.15, 0.2) is 0 Å². The number of allylic oxidation sites excluding steroid dienone is 4. The molecule has 0 saturated carbocycles. The third kappa shape index (κ3) is 7.03. The Bertz CT molecular complexity index is 923. The van der Waals surface area contributed by atoms with Crippen molar-refractivity contribution in [3.05, 3.63) is 94.3 Å². The lowest BCUT2D eigenvalue weighted by Gasteiger charge is -2.11. The lowest BCUT2D eigenvalue weighted by atomic mass is 10.1. The molecule has 0 atom stereocenters. The molecule has 1 aliphatic heterocycles. The Hall–Kier alpha value is -3.14. The first-order valence-corrected chi connectivity index (χ1v) is 10.5. The Balaban J connectivity index is 1.87. The van der Waals surface area contributed by atoms with Gasteiger partial charge in [0.1, 0.15) is 0 Å². The van der Waals surface area contributed by atoms with Gasteiger partial charge in [0, 0.05) is 35.9 Å². The summed E-state index contributed by atoms with van der Waals surface area (Å²) in [6.45, 7) is 11.2. The van der Waals surface area contributed by atoms with E-state index < -0.39 is 0 Å². The van der Waals surface area contributed by atoms with Crippen molar-refractivity contribution in [1.82, 2.24) is 10.6 Å². The van der Waals surface area contributed by atoms with Gasteiger partial charge >= 0.3 is 0 Å². The van der Waals surface area contributed by atoms with Gasteiger partial charge in [0.25, 0.3) is 0 Å². The number of aliphatic imine (C=N–C) groups is 2. The van der Waals surface area contributed by atoms with E-state index in [0.29, 0.717) is 13.1 Å². The fourth-order valence-corrected chi connectivity index (χ4v) is 3.41. The molecular weight excluding hydrogens is 368 g/mol. The first-order valence-electron chi connectivity index (χ1n) is 10.5. The second kappa shape index (κ2) is 10.6. The van der Waals surface area contributed by atoms with Gasteiger partial charge in [-0.3, -0.25) is 9.98 Å². The first kappa shape index (κ1) is 21.6. The van der Waals surface area contributed by atoms with E-state index in [4.69, 9.17) is 9.98 Å². The Kier molecular flexibility index (Phi) is 7.61. The van der Waals surface area contributed by atoms with Crippen molar-refractivity contribution in [2.75, 3.05) is 0 Å². The molecular formula is C26H32N4. The van der Waals surface area contributed by atoms with Crippen molar-refractivity contribution in [3.8, 4) is 0 Å². The number of nitrogens with zero attached hydrogens (tertiary/aromatic N) is 2. The standard InChI is InChI=1S/C26H32N4/c1-19-11-20(2)28-16-25-9-6-10-26(14-25)18-30-22(4)12-21(3)29-17-24-8-5-7-23(13-24)15-27-19/h5-14,27,29H,15-18H2,1-4H3/b19-11-,21-12-,28-20?,30-22?. The molecule has 2 aromatic rings. The third-order valence-corrected chi connectivity index (χ3v) is 5.00. The minimum Gasteiger partial charge on any atom is -0.384 e. The van der Waals surface area contributed by atoms with E-state index in [9.17, 15) is 0 Å². The summed E-state index contributed by atoms with van der Waals surface area (Å²) in [6.07, 6.45) is 4.21. The van der Waals surface area contributed by atoms with E-state index in [0.717, 1.165) is 35.9 Å². The summed E-state index contributed by atoms with van der Waals surface area (Å²) >= 11 is 0. The van der Waals surface area contributed by atoms with Crippen LogP contribution in [0, 0.1) is 0 Å². The Morgan fingerprint density at radius 3 is 1.47 bits per heavy atom. The molecule has 3 rings (SSSR count). The zero-order valence-electron chi connectivity index (χ0n) is 18.5. The molecule has 0 saturated heterocycles. The molecule has 4 nitrogen and oxygen atoms in total. The molecule has 1 aliphatic rings. The zero-order chi connectivity index (χ0) is 21.3. The van der Waals surface area contributed by atoms with Crippen LogP contribution >= 0.6 is 0 Å². The molecule has 30 heavy (non-hydrogen) atoms. The van der Waals surface area contributed by atoms with E-state index in [1.165, 1.54) is 22.3 Å². The maximum atomic E-state index is 4.74. The van der Waals surface area contributed by atoms with Gasteiger partial charge in [0.2, 0.25) is 0 Å². The van der Waals surface area contributed by atoms with Crippen LogP contribution in [-0.2, 0) is 26.2 Å². The SMILES string of the molecule is CC1=NCc2cccc(c2)CN=C(C)/C=C(/C)NCc2cccc(c2)CN/C(C)=C\1. The van der Waals surface area contributed by atoms with Gasteiger partial charge < -0.3 is 10.6 Å². The molecule has 0 amide bonds. The molecule has 4 bridgehead atoms. The molecule has 4 heteroatoms. The van der Waals surface area contributed by atoms with Gasteiger partial charge in [-0.05, 0) is 62.1 Å². The van der Waals surface area contributed by atoms with Gasteiger partial charge in [-0.15, -0.1) is 0 Å². The van der Waals surface area contributed by atoms with Crippen LogP contribution in [0.25, 0.3) is 0 Å². The van der Waals surface area contributed by atoms with Crippen molar-refractivity contribution in [2.45, 2.75) is 53.9 Å². The minimum absolute atomic E-state index is 0.678. The average Bonchev–Trinajstić information content (AvgIpc) is 2.73. The van der Waals surface area contributed by atoms with Crippen LogP contribution in [0.15, 0.2) is 82.1 Å². The highest BCUT2D eigenvalue weighted by Crippen LogP contribution is 2.10. The fraction of sp³-hybridized carbons (Fsp3) is 0.308.